The summed E-state index contributed by atoms with van der Waals surface area (Å²) in [5.74, 6) is -0.395. The maximum absolute atomic E-state index is 13.6. The van der Waals surface area contributed by atoms with Crippen LogP contribution in [0.25, 0.3) is 0 Å². The second-order valence-electron chi connectivity index (χ2n) is 5.69. The Balaban J connectivity index is 2.55. The first-order valence-corrected chi connectivity index (χ1v) is 6.01. The predicted octanol–water partition coefficient (Wildman–Crippen LogP) is 3.62. The van der Waals surface area contributed by atoms with E-state index in [2.05, 4.69) is 26.1 Å². The van der Waals surface area contributed by atoms with Crippen molar-refractivity contribution in [3.63, 3.8) is 0 Å². The van der Waals surface area contributed by atoms with Crippen LogP contribution < -0.4 is 5.32 Å². The largest absolute Gasteiger partial charge is 0.508 e. The second-order valence-corrected chi connectivity index (χ2v) is 5.69. The Morgan fingerprint density at radius 2 is 2.00 bits per heavy atom. The highest BCUT2D eigenvalue weighted by Gasteiger charge is 2.13. The van der Waals surface area contributed by atoms with Gasteiger partial charge in [0.15, 0.2) is 0 Å². The van der Waals surface area contributed by atoms with Crippen LogP contribution in [-0.2, 0) is 0 Å². The van der Waals surface area contributed by atoms with E-state index < -0.39 is 0 Å². The summed E-state index contributed by atoms with van der Waals surface area (Å²) in [6.07, 6.45) is 1.04. The minimum absolute atomic E-state index is 0.0341. The van der Waals surface area contributed by atoms with Gasteiger partial charge in [0.1, 0.15) is 11.6 Å². The Kier molecular flexibility index (Phi) is 4.52. The molecule has 17 heavy (non-hydrogen) atoms. The highest BCUT2D eigenvalue weighted by Crippen LogP contribution is 2.22. The van der Waals surface area contributed by atoms with E-state index in [1.165, 1.54) is 6.07 Å². The normalized spacial score (nSPS) is 13.7. The predicted molar refractivity (Wildman–Crippen MR) is 68.6 cm³/mol. The number of phenolic OH excluding ortho intramolecular Hbond substituents is 1. The number of phenols is 1. The molecule has 1 atom stereocenters. The van der Waals surface area contributed by atoms with Gasteiger partial charge in [-0.15, -0.1) is 0 Å². The third-order valence-electron chi connectivity index (χ3n) is 2.78. The van der Waals surface area contributed by atoms with Crippen LogP contribution in [0, 0.1) is 11.2 Å². The first-order chi connectivity index (χ1) is 7.79. The smallest absolute Gasteiger partial charge is 0.131 e. The number of nitrogens with one attached hydrogen (secondary N) is 1. The number of hydrogen-bond donors (Lipinski definition) is 2. The molecule has 0 saturated heterocycles. The lowest BCUT2D eigenvalue weighted by atomic mass is 9.92. The molecule has 0 saturated carbocycles. The Bertz CT molecular complexity index is 371. The number of hydrogen-bond acceptors (Lipinski definition) is 2. The van der Waals surface area contributed by atoms with E-state index in [1.807, 2.05) is 6.92 Å². The molecule has 0 aliphatic rings. The molecule has 0 fully saturated rings. The summed E-state index contributed by atoms with van der Waals surface area (Å²) < 4.78 is 13.6. The first kappa shape index (κ1) is 14.0. The molecule has 0 bridgehead atoms. The molecule has 1 aromatic carbocycles. The molecule has 2 nitrogen and oxygen atoms in total. The Labute approximate surface area is 103 Å². The van der Waals surface area contributed by atoms with Gasteiger partial charge in [-0.25, -0.2) is 4.39 Å². The highest BCUT2D eigenvalue weighted by molar-refractivity contribution is 5.29. The van der Waals surface area contributed by atoms with Crippen molar-refractivity contribution in [2.75, 3.05) is 6.54 Å². The minimum Gasteiger partial charge on any atom is -0.508 e. The lowest BCUT2D eigenvalue weighted by Crippen LogP contribution is -2.24. The maximum atomic E-state index is 13.6. The quantitative estimate of drug-likeness (QED) is 0.841. The molecule has 0 amide bonds. The zero-order valence-corrected chi connectivity index (χ0v) is 11.0. The van der Waals surface area contributed by atoms with Crippen LogP contribution in [0.1, 0.15) is 45.7 Å². The van der Waals surface area contributed by atoms with Crippen molar-refractivity contribution >= 4 is 0 Å². The molecule has 0 heterocycles. The van der Waals surface area contributed by atoms with Gasteiger partial charge < -0.3 is 10.4 Å². The van der Waals surface area contributed by atoms with Crippen molar-refractivity contribution < 1.29 is 9.50 Å². The molecule has 0 aliphatic carbocycles. The number of benzene rings is 1. The average molecular weight is 239 g/mol. The van der Waals surface area contributed by atoms with Gasteiger partial charge in [0, 0.05) is 17.7 Å². The molecule has 0 aromatic heterocycles. The number of aromatic hydroxyl groups is 1. The summed E-state index contributed by atoms with van der Waals surface area (Å²) in [6, 6.07) is 4.25. The minimum atomic E-state index is -0.360. The highest BCUT2D eigenvalue weighted by atomic mass is 19.1. The topological polar surface area (TPSA) is 32.3 Å². The SMILES string of the molecule is CC(NCCC(C)(C)C)c1ccc(O)cc1F. The molecule has 96 valence electrons. The van der Waals surface area contributed by atoms with E-state index in [0.29, 0.717) is 5.56 Å². The Hall–Kier alpha value is -1.09. The Morgan fingerprint density at radius 1 is 1.35 bits per heavy atom. The summed E-state index contributed by atoms with van der Waals surface area (Å²) in [5, 5.41) is 12.4. The average Bonchev–Trinajstić information content (AvgIpc) is 2.15. The van der Waals surface area contributed by atoms with E-state index in [0.717, 1.165) is 19.0 Å². The van der Waals surface area contributed by atoms with Crippen molar-refractivity contribution in [3.8, 4) is 5.75 Å². The van der Waals surface area contributed by atoms with Gasteiger partial charge >= 0.3 is 0 Å². The van der Waals surface area contributed by atoms with E-state index in [9.17, 15) is 4.39 Å². The molecular formula is C14H22FNO. The molecule has 2 N–H and O–H groups in total. The fraction of sp³-hybridized carbons (Fsp3) is 0.571. The van der Waals surface area contributed by atoms with Crippen molar-refractivity contribution in [1.29, 1.82) is 0 Å². The van der Waals surface area contributed by atoms with Crippen LogP contribution in [0.5, 0.6) is 5.75 Å². The van der Waals surface area contributed by atoms with Crippen molar-refractivity contribution in [1.82, 2.24) is 5.32 Å². The monoisotopic (exact) mass is 239 g/mol. The second kappa shape index (κ2) is 5.50. The van der Waals surface area contributed by atoms with Crippen LogP contribution >= 0.6 is 0 Å². The van der Waals surface area contributed by atoms with Gasteiger partial charge in [-0.05, 0) is 31.4 Å². The van der Waals surface area contributed by atoms with Crippen LogP contribution in [0.4, 0.5) is 4.39 Å². The van der Waals surface area contributed by atoms with Gasteiger partial charge in [0.05, 0.1) is 0 Å². The molecule has 0 spiro atoms. The van der Waals surface area contributed by atoms with Gasteiger partial charge in [0.25, 0.3) is 0 Å². The summed E-state index contributed by atoms with van der Waals surface area (Å²) in [5.41, 5.74) is 0.872. The van der Waals surface area contributed by atoms with Crippen molar-refractivity contribution in [2.24, 2.45) is 5.41 Å². The van der Waals surface area contributed by atoms with Crippen LogP contribution in [0.2, 0.25) is 0 Å². The van der Waals surface area contributed by atoms with Gasteiger partial charge in [0.2, 0.25) is 0 Å². The van der Waals surface area contributed by atoms with Crippen LogP contribution in [0.3, 0.4) is 0 Å². The van der Waals surface area contributed by atoms with E-state index in [1.54, 1.807) is 6.07 Å². The van der Waals surface area contributed by atoms with Gasteiger partial charge in [-0.1, -0.05) is 26.8 Å². The molecule has 1 rings (SSSR count). The van der Waals surface area contributed by atoms with Crippen molar-refractivity contribution in [2.45, 2.75) is 40.2 Å². The van der Waals surface area contributed by atoms with E-state index >= 15 is 0 Å². The zero-order chi connectivity index (χ0) is 13.1. The number of halogens is 1. The van der Waals surface area contributed by atoms with Gasteiger partial charge in [-0.3, -0.25) is 0 Å². The fourth-order valence-electron chi connectivity index (χ4n) is 1.64. The Morgan fingerprint density at radius 3 is 2.53 bits per heavy atom. The molecule has 0 aliphatic heterocycles. The molecular weight excluding hydrogens is 217 g/mol. The number of rotatable bonds is 4. The van der Waals surface area contributed by atoms with Crippen LogP contribution in [0.15, 0.2) is 18.2 Å². The third-order valence-corrected chi connectivity index (χ3v) is 2.78. The summed E-state index contributed by atoms with van der Waals surface area (Å²) in [6.45, 7) is 9.32. The maximum Gasteiger partial charge on any atom is 0.131 e. The molecule has 0 radical (unpaired) electrons. The standard InChI is InChI=1S/C14H22FNO/c1-10(16-8-7-14(2,3)4)12-6-5-11(17)9-13(12)15/h5-6,9-10,16-17H,7-8H2,1-4H3. The lowest BCUT2D eigenvalue weighted by molar-refractivity contribution is 0.356. The van der Waals surface area contributed by atoms with E-state index in [4.69, 9.17) is 5.11 Å². The third kappa shape index (κ3) is 4.73. The molecule has 1 aromatic rings. The zero-order valence-electron chi connectivity index (χ0n) is 11.0. The first-order valence-electron chi connectivity index (χ1n) is 6.01. The molecule has 1 unspecified atom stereocenters. The van der Waals surface area contributed by atoms with E-state index in [-0.39, 0.29) is 23.0 Å². The van der Waals surface area contributed by atoms with Crippen LogP contribution in [-0.4, -0.2) is 11.7 Å². The fourth-order valence-corrected chi connectivity index (χ4v) is 1.64. The molecule has 3 heteroatoms. The summed E-state index contributed by atoms with van der Waals surface area (Å²) in [7, 11) is 0. The van der Waals surface area contributed by atoms with Gasteiger partial charge in [-0.2, -0.15) is 0 Å². The summed E-state index contributed by atoms with van der Waals surface area (Å²) in [4.78, 5) is 0. The van der Waals surface area contributed by atoms with Crippen molar-refractivity contribution in [3.05, 3.63) is 29.6 Å². The lowest BCUT2D eigenvalue weighted by Gasteiger charge is -2.21. The summed E-state index contributed by atoms with van der Waals surface area (Å²) >= 11 is 0.